The SMILES string of the molecule is CCCCCCCCCCCCCCCCCC(=O)C(CCCC(=O)O)(C(N)=O)C(=O)CCCCCCCCCCCCCCCCC. The van der Waals surface area contributed by atoms with Crippen LogP contribution in [0.4, 0.5) is 0 Å². The molecule has 0 atom stereocenters. The van der Waals surface area contributed by atoms with Crippen molar-refractivity contribution in [1.82, 2.24) is 0 Å². The maximum Gasteiger partial charge on any atom is 0.303 e. The van der Waals surface area contributed by atoms with E-state index in [0.717, 1.165) is 38.5 Å². The lowest BCUT2D eigenvalue weighted by molar-refractivity contribution is -0.150. The number of carbonyl (C=O) groups is 4. The first-order valence-electron chi connectivity index (χ1n) is 20.9. The molecule has 0 saturated heterocycles. The van der Waals surface area contributed by atoms with Gasteiger partial charge < -0.3 is 10.8 Å². The molecule has 0 aromatic carbocycles. The summed E-state index contributed by atoms with van der Waals surface area (Å²) in [6.07, 6.45) is 36.8. The average Bonchev–Trinajstić information content (AvgIpc) is 3.06. The fourth-order valence-corrected chi connectivity index (χ4v) is 7.08. The van der Waals surface area contributed by atoms with Crippen molar-refractivity contribution in [2.75, 3.05) is 0 Å². The molecule has 48 heavy (non-hydrogen) atoms. The van der Waals surface area contributed by atoms with Gasteiger partial charge in [-0.25, -0.2) is 0 Å². The average molecular weight is 678 g/mol. The van der Waals surface area contributed by atoms with E-state index in [0.29, 0.717) is 12.8 Å². The molecule has 282 valence electrons. The number of amides is 1. The van der Waals surface area contributed by atoms with Crippen molar-refractivity contribution in [2.24, 2.45) is 11.1 Å². The molecule has 0 aliphatic carbocycles. The molecule has 0 bridgehead atoms. The van der Waals surface area contributed by atoms with Gasteiger partial charge in [-0.05, 0) is 25.7 Å². The minimum atomic E-state index is -1.87. The molecule has 3 N–H and O–H groups in total. The zero-order chi connectivity index (χ0) is 35.6. The Morgan fingerprint density at radius 3 is 0.875 bits per heavy atom. The molecule has 6 nitrogen and oxygen atoms in total. The first kappa shape index (κ1) is 46.3. The van der Waals surface area contributed by atoms with Gasteiger partial charge in [-0.2, -0.15) is 0 Å². The van der Waals surface area contributed by atoms with Crippen molar-refractivity contribution >= 4 is 23.4 Å². The van der Waals surface area contributed by atoms with Gasteiger partial charge in [0.1, 0.15) is 0 Å². The number of carbonyl (C=O) groups excluding carboxylic acids is 3. The van der Waals surface area contributed by atoms with Crippen molar-refractivity contribution < 1.29 is 24.3 Å². The van der Waals surface area contributed by atoms with Gasteiger partial charge in [-0.1, -0.05) is 194 Å². The lowest BCUT2D eigenvalue weighted by Gasteiger charge is -2.28. The van der Waals surface area contributed by atoms with Gasteiger partial charge in [0.25, 0.3) is 0 Å². The molecule has 0 saturated carbocycles. The molecular weight excluding hydrogens is 598 g/mol. The number of primary amides is 1. The van der Waals surface area contributed by atoms with Gasteiger partial charge in [0, 0.05) is 19.3 Å². The summed E-state index contributed by atoms with van der Waals surface area (Å²) in [5.74, 6) is -2.70. The Balaban J connectivity index is 4.34. The van der Waals surface area contributed by atoms with Gasteiger partial charge in [-0.3, -0.25) is 19.2 Å². The van der Waals surface area contributed by atoms with Gasteiger partial charge in [0.15, 0.2) is 17.0 Å². The molecule has 0 rings (SSSR count). The molecule has 0 aliphatic rings. The first-order chi connectivity index (χ1) is 23.3. The second kappa shape index (κ2) is 33.8. The summed E-state index contributed by atoms with van der Waals surface area (Å²) in [4.78, 5) is 50.8. The Morgan fingerprint density at radius 2 is 0.646 bits per heavy atom. The fraction of sp³-hybridized carbons (Fsp3) is 0.905. The highest BCUT2D eigenvalue weighted by atomic mass is 16.4. The monoisotopic (exact) mass is 678 g/mol. The number of hydrogen-bond donors (Lipinski definition) is 2. The molecule has 6 heteroatoms. The minimum Gasteiger partial charge on any atom is -0.481 e. The number of unbranched alkanes of at least 4 members (excludes halogenated alkanes) is 28. The number of Topliss-reactive ketones (excluding diaryl/α,β-unsaturated/α-hetero) is 2. The Labute approximate surface area is 296 Å². The van der Waals surface area contributed by atoms with E-state index in [9.17, 15) is 19.2 Å². The molecule has 0 aromatic rings. The number of rotatable bonds is 39. The predicted octanol–water partition coefficient (Wildman–Crippen LogP) is 12.4. The number of aliphatic carboxylic acids is 1. The largest absolute Gasteiger partial charge is 0.481 e. The summed E-state index contributed by atoms with van der Waals surface area (Å²) in [6.45, 7) is 4.51. The fourth-order valence-electron chi connectivity index (χ4n) is 7.08. The number of nitrogens with two attached hydrogens (primary N) is 1. The van der Waals surface area contributed by atoms with E-state index in [1.54, 1.807) is 0 Å². The summed E-state index contributed by atoms with van der Waals surface area (Å²) in [7, 11) is 0. The van der Waals surface area contributed by atoms with Crippen LogP contribution in [0, 0.1) is 5.41 Å². The Hall–Kier alpha value is -1.72. The van der Waals surface area contributed by atoms with E-state index in [1.165, 1.54) is 141 Å². The summed E-state index contributed by atoms with van der Waals surface area (Å²) in [6, 6.07) is 0. The highest BCUT2D eigenvalue weighted by Gasteiger charge is 2.49. The van der Waals surface area contributed by atoms with Crippen LogP contribution in [0.3, 0.4) is 0 Å². The van der Waals surface area contributed by atoms with Crippen LogP contribution < -0.4 is 5.73 Å². The van der Waals surface area contributed by atoms with Crippen molar-refractivity contribution in [3.05, 3.63) is 0 Å². The third kappa shape index (κ3) is 25.3. The van der Waals surface area contributed by atoms with Crippen LogP contribution >= 0.6 is 0 Å². The van der Waals surface area contributed by atoms with Gasteiger partial charge in [0.05, 0.1) is 0 Å². The maximum absolute atomic E-state index is 13.4. The zero-order valence-corrected chi connectivity index (χ0v) is 31.9. The smallest absolute Gasteiger partial charge is 0.303 e. The van der Waals surface area contributed by atoms with Crippen LogP contribution in [0.1, 0.15) is 239 Å². The van der Waals surface area contributed by atoms with Gasteiger partial charge in [0.2, 0.25) is 5.91 Å². The topological polar surface area (TPSA) is 115 Å². The Bertz CT molecular complexity index is 749. The van der Waals surface area contributed by atoms with Crippen LogP contribution in [0.15, 0.2) is 0 Å². The quantitative estimate of drug-likeness (QED) is 0.0496. The van der Waals surface area contributed by atoms with E-state index in [-0.39, 0.29) is 32.1 Å². The van der Waals surface area contributed by atoms with E-state index in [2.05, 4.69) is 13.8 Å². The van der Waals surface area contributed by atoms with Crippen molar-refractivity contribution in [3.8, 4) is 0 Å². The number of carboxylic acid groups (broad SMARTS) is 1. The van der Waals surface area contributed by atoms with Crippen molar-refractivity contribution in [1.29, 1.82) is 0 Å². The molecule has 0 aromatic heterocycles. The second-order valence-corrected chi connectivity index (χ2v) is 14.8. The molecule has 0 radical (unpaired) electrons. The van der Waals surface area contributed by atoms with Crippen LogP contribution in [0.5, 0.6) is 0 Å². The van der Waals surface area contributed by atoms with E-state index >= 15 is 0 Å². The van der Waals surface area contributed by atoms with Crippen LogP contribution in [0.25, 0.3) is 0 Å². The van der Waals surface area contributed by atoms with Crippen molar-refractivity contribution in [2.45, 2.75) is 239 Å². The standard InChI is InChI=1S/C42H79NO5/c1-3-5-7-9-11-13-15-17-19-21-23-25-27-29-31-34-38(44)42(41(43)48,37-33-36-40(46)47)39(45)35-32-30-28-26-24-22-20-18-16-14-12-10-8-6-4-2/h3-37H2,1-2H3,(H2,43,48)(H,46,47). The summed E-state index contributed by atoms with van der Waals surface area (Å²) < 4.78 is 0. The Kier molecular flexibility index (Phi) is 32.6. The van der Waals surface area contributed by atoms with E-state index in [4.69, 9.17) is 10.8 Å². The molecule has 1 amide bonds. The summed E-state index contributed by atoms with van der Waals surface area (Å²) >= 11 is 0. The van der Waals surface area contributed by atoms with E-state index in [1.807, 2.05) is 0 Å². The minimum absolute atomic E-state index is 0.0907. The molecular formula is C42H79NO5. The molecule has 0 spiro atoms. The lowest BCUT2D eigenvalue weighted by atomic mass is 9.71. The molecule has 0 fully saturated rings. The van der Waals surface area contributed by atoms with Gasteiger partial charge >= 0.3 is 5.97 Å². The summed E-state index contributed by atoms with van der Waals surface area (Å²) in [5.41, 5.74) is 3.90. The number of ketones is 2. The highest BCUT2D eigenvalue weighted by Crippen LogP contribution is 2.32. The van der Waals surface area contributed by atoms with Crippen LogP contribution in [-0.4, -0.2) is 28.5 Å². The normalized spacial score (nSPS) is 11.6. The highest BCUT2D eigenvalue weighted by molar-refractivity contribution is 6.23. The summed E-state index contributed by atoms with van der Waals surface area (Å²) in [5, 5.41) is 9.14. The Morgan fingerprint density at radius 1 is 0.396 bits per heavy atom. The molecule has 0 heterocycles. The molecule has 0 unspecified atom stereocenters. The van der Waals surface area contributed by atoms with Crippen LogP contribution in [-0.2, 0) is 19.2 Å². The third-order valence-electron chi connectivity index (χ3n) is 10.3. The zero-order valence-electron chi connectivity index (χ0n) is 31.9. The predicted molar refractivity (Wildman–Crippen MR) is 202 cm³/mol. The maximum atomic E-state index is 13.4. The first-order valence-corrected chi connectivity index (χ1v) is 20.9. The van der Waals surface area contributed by atoms with Crippen LogP contribution in [0.2, 0.25) is 0 Å². The number of carboxylic acids is 1. The second-order valence-electron chi connectivity index (χ2n) is 14.8. The van der Waals surface area contributed by atoms with E-state index < -0.39 is 28.9 Å². The number of hydrogen-bond acceptors (Lipinski definition) is 4. The third-order valence-corrected chi connectivity index (χ3v) is 10.3. The van der Waals surface area contributed by atoms with Gasteiger partial charge in [-0.15, -0.1) is 0 Å². The van der Waals surface area contributed by atoms with Crippen molar-refractivity contribution in [3.63, 3.8) is 0 Å². The lowest BCUT2D eigenvalue weighted by Crippen LogP contribution is -2.50. The molecule has 0 aliphatic heterocycles.